The molecule has 2 aromatic heterocycles. The molecule has 2 N–H and O–H groups in total. The molecule has 0 saturated heterocycles. The molecule has 0 unspecified atom stereocenters. The Bertz CT molecular complexity index is 1470. The van der Waals surface area contributed by atoms with Crippen LogP contribution >= 0.6 is 0 Å². The molecule has 1 atom stereocenters. The number of fused-ring (bicyclic) bond motifs is 4. The quantitative estimate of drug-likeness (QED) is 0.492. The monoisotopic (exact) mass is 441 g/mol. The Kier molecular flexibility index (Phi) is 4.59. The van der Waals surface area contributed by atoms with E-state index in [1.54, 1.807) is 20.0 Å². The first-order valence-corrected chi connectivity index (χ1v) is 9.92. The number of hydrogen-bond acceptors (Lipinski definition) is 3. The van der Waals surface area contributed by atoms with Crippen LogP contribution in [0.2, 0.25) is 0 Å². The third-order valence-corrected chi connectivity index (χ3v) is 5.97. The van der Waals surface area contributed by atoms with Crippen molar-refractivity contribution in [2.24, 2.45) is 0 Å². The molecule has 0 saturated carbocycles. The molecular weight excluding hydrogens is 423 g/mol. The van der Waals surface area contributed by atoms with Crippen LogP contribution in [-0.2, 0) is 11.3 Å². The number of rotatable bonds is 2. The van der Waals surface area contributed by atoms with Crippen LogP contribution in [0, 0.1) is 24.4 Å². The number of ether oxygens (including phenoxy) is 1. The number of nitrogens with one attached hydrogen (secondary N) is 2. The van der Waals surface area contributed by atoms with E-state index in [1.807, 2.05) is 0 Å². The summed E-state index contributed by atoms with van der Waals surface area (Å²) in [5, 5.41) is 0.938. The number of carbonyl (C=O) groups is 1. The fourth-order valence-corrected chi connectivity index (χ4v) is 4.37. The van der Waals surface area contributed by atoms with E-state index in [0.29, 0.717) is 22.3 Å². The topological polar surface area (TPSA) is 78.2 Å². The zero-order valence-electron chi connectivity index (χ0n) is 17.2. The van der Waals surface area contributed by atoms with Gasteiger partial charge < -0.3 is 19.6 Å². The molecule has 164 valence electrons. The molecule has 4 aromatic rings. The second-order valence-corrected chi connectivity index (χ2v) is 7.97. The lowest BCUT2D eigenvalue weighted by Gasteiger charge is -2.33. The maximum Gasteiger partial charge on any atom is 0.270 e. The summed E-state index contributed by atoms with van der Waals surface area (Å²) in [4.78, 5) is 32.7. The van der Waals surface area contributed by atoms with Crippen molar-refractivity contribution < 1.29 is 22.7 Å². The van der Waals surface area contributed by atoms with Gasteiger partial charge in [0.15, 0.2) is 11.6 Å². The molecule has 0 radical (unpaired) electrons. The van der Waals surface area contributed by atoms with Crippen molar-refractivity contribution >= 4 is 27.6 Å². The van der Waals surface area contributed by atoms with E-state index >= 15 is 0 Å². The molecule has 32 heavy (non-hydrogen) atoms. The highest BCUT2D eigenvalue weighted by atomic mass is 19.2. The maximum absolute atomic E-state index is 14.1. The average molecular weight is 441 g/mol. The number of pyridine rings is 1. The Labute approximate surface area is 179 Å². The van der Waals surface area contributed by atoms with Crippen molar-refractivity contribution in [3.8, 4) is 0 Å². The molecule has 0 spiro atoms. The van der Waals surface area contributed by atoms with E-state index in [0.717, 1.165) is 17.5 Å². The van der Waals surface area contributed by atoms with Crippen molar-refractivity contribution in [3.63, 3.8) is 0 Å². The van der Waals surface area contributed by atoms with E-state index in [1.165, 1.54) is 17.0 Å². The molecule has 6 nitrogen and oxygen atoms in total. The van der Waals surface area contributed by atoms with Gasteiger partial charge in [0.2, 0.25) is 0 Å². The number of carbonyl (C=O) groups excluding carboxylic acids is 1. The van der Waals surface area contributed by atoms with Gasteiger partial charge in [-0.15, -0.1) is 0 Å². The van der Waals surface area contributed by atoms with Gasteiger partial charge in [-0.3, -0.25) is 9.59 Å². The van der Waals surface area contributed by atoms with Gasteiger partial charge in [0.25, 0.3) is 11.5 Å². The van der Waals surface area contributed by atoms with Gasteiger partial charge in [-0.2, -0.15) is 0 Å². The summed E-state index contributed by atoms with van der Waals surface area (Å²) in [5.41, 5.74) is 1.76. The second kappa shape index (κ2) is 7.23. The minimum atomic E-state index is -1.13. The minimum Gasteiger partial charge on any atom is -0.373 e. The smallest absolute Gasteiger partial charge is 0.270 e. The highest BCUT2D eigenvalue weighted by molar-refractivity contribution is 5.99. The van der Waals surface area contributed by atoms with Gasteiger partial charge in [0.1, 0.15) is 11.5 Å². The van der Waals surface area contributed by atoms with Gasteiger partial charge in [-0.1, -0.05) is 0 Å². The van der Waals surface area contributed by atoms with Gasteiger partial charge in [-0.25, -0.2) is 13.2 Å². The number of nitrogens with zero attached hydrogens (tertiary/aromatic N) is 1. The zero-order chi connectivity index (χ0) is 22.7. The fourth-order valence-electron chi connectivity index (χ4n) is 4.37. The summed E-state index contributed by atoms with van der Waals surface area (Å²) in [6, 6.07) is 5.51. The third-order valence-electron chi connectivity index (χ3n) is 5.97. The molecule has 0 fully saturated rings. The molecular formula is C23H18F3N3O3. The standard InChI is InChI=1S/C23H18F3N3O3/c1-10-3-11(24)4-17-12(10)7-18(27-17)23(31)29(2)20-9-32-8-19-21(20)13-5-15(25)16(26)6-14(13)22(30)28-19/h3-7,20,27H,8-9H2,1-2H3,(H,28,30)/t20-/m1/s1. The Balaban J connectivity index is 1.62. The number of likely N-dealkylation sites (N-methyl/N-ethyl adjacent to an activating group) is 1. The van der Waals surface area contributed by atoms with Crippen LogP contribution in [0.3, 0.4) is 0 Å². The molecule has 9 heteroatoms. The fraction of sp³-hybridized carbons (Fsp3) is 0.217. The van der Waals surface area contributed by atoms with E-state index in [-0.39, 0.29) is 29.7 Å². The highest BCUT2D eigenvalue weighted by Gasteiger charge is 2.32. The van der Waals surface area contributed by atoms with Crippen LogP contribution in [0.5, 0.6) is 0 Å². The summed E-state index contributed by atoms with van der Waals surface area (Å²) in [7, 11) is 1.56. The molecule has 2 aromatic carbocycles. The summed E-state index contributed by atoms with van der Waals surface area (Å²) in [6.45, 7) is 1.92. The molecule has 3 heterocycles. The number of aromatic nitrogens is 2. The maximum atomic E-state index is 14.1. The Morgan fingerprint density at radius 3 is 2.50 bits per heavy atom. The predicted octanol–water partition coefficient (Wildman–Crippen LogP) is 4.08. The van der Waals surface area contributed by atoms with Gasteiger partial charge in [0, 0.05) is 29.2 Å². The first-order chi connectivity index (χ1) is 15.2. The van der Waals surface area contributed by atoms with E-state index in [9.17, 15) is 22.8 Å². The molecule has 5 rings (SSSR count). The van der Waals surface area contributed by atoms with Crippen molar-refractivity contribution in [3.05, 3.63) is 80.7 Å². The molecule has 0 aliphatic carbocycles. The second-order valence-electron chi connectivity index (χ2n) is 7.97. The van der Waals surface area contributed by atoms with Crippen molar-refractivity contribution in [1.82, 2.24) is 14.9 Å². The van der Waals surface area contributed by atoms with Crippen molar-refractivity contribution in [2.45, 2.75) is 19.6 Å². The lowest BCUT2D eigenvalue weighted by atomic mass is 9.95. The van der Waals surface area contributed by atoms with Crippen molar-refractivity contribution in [1.29, 1.82) is 0 Å². The molecule has 1 aliphatic rings. The highest BCUT2D eigenvalue weighted by Crippen LogP contribution is 2.34. The summed E-state index contributed by atoms with van der Waals surface area (Å²) in [6.07, 6.45) is 0. The largest absolute Gasteiger partial charge is 0.373 e. The number of halogens is 3. The van der Waals surface area contributed by atoms with Crippen LogP contribution < -0.4 is 5.56 Å². The van der Waals surface area contributed by atoms with Crippen molar-refractivity contribution in [2.75, 3.05) is 13.7 Å². The SMILES string of the molecule is Cc1cc(F)cc2[nH]c(C(=O)N(C)[C@@H]3COCc4[nH]c(=O)c5cc(F)c(F)cc5c43)cc12. The normalized spacial score (nSPS) is 15.8. The molecule has 0 bridgehead atoms. The van der Waals surface area contributed by atoms with E-state index in [4.69, 9.17) is 4.74 Å². The first kappa shape index (κ1) is 20.3. The predicted molar refractivity (Wildman–Crippen MR) is 112 cm³/mol. The van der Waals surface area contributed by atoms with Gasteiger partial charge >= 0.3 is 0 Å². The number of H-pyrrole nitrogens is 2. The summed E-state index contributed by atoms with van der Waals surface area (Å²) < 4.78 is 47.2. The van der Waals surface area contributed by atoms with Crippen LogP contribution in [0.15, 0.2) is 35.1 Å². The summed E-state index contributed by atoms with van der Waals surface area (Å²) in [5.74, 6) is -3.03. The van der Waals surface area contributed by atoms with Crippen LogP contribution in [0.25, 0.3) is 21.7 Å². The minimum absolute atomic E-state index is 0.00730. The number of benzene rings is 2. The lowest BCUT2D eigenvalue weighted by Crippen LogP contribution is -2.37. The summed E-state index contributed by atoms with van der Waals surface area (Å²) >= 11 is 0. The van der Waals surface area contributed by atoms with Gasteiger partial charge in [0.05, 0.1) is 24.6 Å². The Hall–Kier alpha value is -3.59. The number of amides is 1. The van der Waals surface area contributed by atoms with Gasteiger partial charge in [-0.05, 0) is 48.2 Å². The number of hydrogen-bond donors (Lipinski definition) is 2. The Morgan fingerprint density at radius 2 is 1.75 bits per heavy atom. The lowest BCUT2D eigenvalue weighted by molar-refractivity contribution is 0.0333. The average Bonchev–Trinajstić information content (AvgIpc) is 3.18. The van der Waals surface area contributed by atoms with Crippen LogP contribution in [-0.4, -0.2) is 34.4 Å². The Morgan fingerprint density at radius 1 is 1.03 bits per heavy atom. The number of aryl methyl sites for hydroxylation is 1. The molecule has 1 aliphatic heterocycles. The third kappa shape index (κ3) is 3.08. The van der Waals surface area contributed by atoms with Crippen LogP contribution in [0.4, 0.5) is 13.2 Å². The van der Waals surface area contributed by atoms with E-state index < -0.39 is 35.0 Å². The number of aromatic amines is 2. The first-order valence-electron chi connectivity index (χ1n) is 9.92. The van der Waals surface area contributed by atoms with Crippen LogP contribution in [0.1, 0.15) is 33.4 Å². The van der Waals surface area contributed by atoms with E-state index in [2.05, 4.69) is 9.97 Å². The molecule has 1 amide bonds. The zero-order valence-corrected chi connectivity index (χ0v) is 17.2.